The summed E-state index contributed by atoms with van der Waals surface area (Å²) >= 11 is 0. The molecule has 4 heterocycles. The lowest BCUT2D eigenvalue weighted by Gasteiger charge is -2.31. The van der Waals surface area contributed by atoms with Crippen LogP contribution in [0.25, 0.3) is 0 Å². The summed E-state index contributed by atoms with van der Waals surface area (Å²) in [6, 6.07) is 0. The van der Waals surface area contributed by atoms with Crippen LogP contribution in [0.2, 0.25) is 58.9 Å². The molecule has 0 aromatic rings. The monoisotopic (exact) mass is 500 g/mol. The molecule has 32 heavy (non-hydrogen) atoms. The van der Waals surface area contributed by atoms with Crippen LogP contribution < -0.4 is 0 Å². The van der Waals surface area contributed by atoms with Crippen molar-refractivity contribution in [2.24, 2.45) is 0 Å². The van der Waals surface area contributed by atoms with E-state index in [1.54, 1.807) is 0 Å². The summed E-state index contributed by atoms with van der Waals surface area (Å²) < 4.78 is 25.6. The van der Waals surface area contributed by atoms with E-state index in [-0.39, 0.29) is 40.1 Å². The Kier molecular flexibility index (Phi) is 6.16. The molecule has 8 atom stereocenters. The van der Waals surface area contributed by atoms with E-state index in [2.05, 4.69) is 65.8 Å². The molecule has 0 bridgehead atoms. The van der Waals surface area contributed by atoms with Crippen LogP contribution in [-0.4, -0.2) is 82.1 Å². The standard InChI is InChI=1S/C24H48O5Si3/c1-22(30(2,3)4)20(27-22)15-24(32(8,9)10)21(29-24)16-23(31(5,6)7)19(28-23)14-18-17(25)12-11-13-26-18/h17-21,25H,11-16H2,1-10H3/t17-,18+,19-,20-,21-,22+,23+,24+/m1/s1. The molecule has 5 nitrogen and oxygen atoms in total. The van der Waals surface area contributed by atoms with Crippen LogP contribution in [0.5, 0.6) is 0 Å². The second kappa shape index (κ2) is 7.72. The molecule has 4 aliphatic rings. The third-order valence-electron chi connectivity index (χ3n) is 9.43. The van der Waals surface area contributed by atoms with Gasteiger partial charge in [0.1, 0.15) is 0 Å². The lowest BCUT2D eigenvalue weighted by atomic mass is 9.98. The van der Waals surface area contributed by atoms with Gasteiger partial charge < -0.3 is 24.1 Å². The van der Waals surface area contributed by atoms with Crippen molar-refractivity contribution in [3.05, 3.63) is 0 Å². The molecule has 0 amide bonds. The summed E-state index contributed by atoms with van der Waals surface area (Å²) in [5.74, 6) is 0. The smallest absolute Gasteiger partial charge is 0.0866 e. The van der Waals surface area contributed by atoms with Crippen LogP contribution >= 0.6 is 0 Å². The number of hydrogen-bond acceptors (Lipinski definition) is 5. The van der Waals surface area contributed by atoms with Gasteiger partial charge in [0.15, 0.2) is 0 Å². The molecule has 4 saturated heterocycles. The van der Waals surface area contributed by atoms with E-state index in [4.69, 9.17) is 18.9 Å². The van der Waals surface area contributed by atoms with Crippen molar-refractivity contribution in [1.29, 1.82) is 0 Å². The Morgan fingerprint density at radius 2 is 1.28 bits per heavy atom. The molecule has 0 aromatic heterocycles. The van der Waals surface area contributed by atoms with Crippen LogP contribution in [0, 0.1) is 0 Å². The SMILES string of the molecule is C[C@@]1([Si](C)(C)C)O[C@@H]1C[C@@]1([Si](C)(C)C)O[C@@H]1C[C@@]1([Si](C)(C)C)O[C@@H]1C[C@@H]1OCCC[C@H]1O. The second-order valence-corrected chi connectivity index (χ2v) is 30.4. The van der Waals surface area contributed by atoms with Crippen LogP contribution in [-0.2, 0) is 18.9 Å². The first-order chi connectivity index (χ1) is 14.5. The Morgan fingerprint density at radius 3 is 1.78 bits per heavy atom. The number of aliphatic hydroxyl groups is 1. The minimum absolute atomic E-state index is 0.000914. The van der Waals surface area contributed by atoms with Crippen molar-refractivity contribution in [1.82, 2.24) is 0 Å². The maximum Gasteiger partial charge on any atom is 0.0866 e. The Bertz CT molecular complexity index is 729. The van der Waals surface area contributed by atoms with Gasteiger partial charge >= 0.3 is 0 Å². The molecule has 0 aliphatic carbocycles. The van der Waals surface area contributed by atoms with Gasteiger partial charge in [-0.2, -0.15) is 0 Å². The molecule has 0 radical (unpaired) electrons. The molecule has 0 spiro atoms. The fourth-order valence-electron chi connectivity index (χ4n) is 6.14. The molecule has 186 valence electrons. The minimum atomic E-state index is -1.62. The van der Waals surface area contributed by atoms with Crippen molar-refractivity contribution >= 4 is 24.2 Å². The molecule has 4 rings (SSSR count). The summed E-state index contributed by atoms with van der Waals surface area (Å²) in [6.07, 6.45) is 5.05. The highest BCUT2D eigenvalue weighted by molar-refractivity contribution is 6.81. The minimum Gasteiger partial charge on any atom is -0.390 e. The first kappa shape index (κ1) is 25.5. The quantitative estimate of drug-likeness (QED) is 0.365. The number of hydrogen-bond donors (Lipinski definition) is 1. The predicted molar refractivity (Wildman–Crippen MR) is 137 cm³/mol. The summed E-state index contributed by atoms with van der Waals surface area (Å²) in [7, 11) is -4.59. The zero-order chi connectivity index (χ0) is 24.0. The largest absolute Gasteiger partial charge is 0.390 e. The first-order valence-corrected chi connectivity index (χ1v) is 23.3. The molecular formula is C24H48O5Si3. The highest BCUT2D eigenvalue weighted by Gasteiger charge is 2.75. The highest BCUT2D eigenvalue weighted by Crippen LogP contribution is 2.61. The Labute approximate surface area is 199 Å². The van der Waals surface area contributed by atoms with Gasteiger partial charge in [0.25, 0.3) is 0 Å². The maximum absolute atomic E-state index is 10.4. The second-order valence-electron chi connectivity index (χ2n) is 14.2. The van der Waals surface area contributed by atoms with Gasteiger partial charge in [0, 0.05) is 25.9 Å². The Morgan fingerprint density at radius 1 is 0.750 bits per heavy atom. The number of epoxide rings is 3. The maximum atomic E-state index is 10.4. The van der Waals surface area contributed by atoms with Gasteiger partial charge in [0.05, 0.1) is 70.4 Å². The Balaban J connectivity index is 1.47. The van der Waals surface area contributed by atoms with E-state index in [1.165, 1.54) is 0 Å². The molecule has 4 fully saturated rings. The van der Waals surface area contributed by atoms with Gasteiger partial charge in [-0.3, -0.25) is 0 Å². The Hall–Kier alpha value is 0.451. The van der Waals surface area contributed by atoms with E-state index in [1.807, 2.05) is 0 Å². The zero-order valence-corrected chi connectivity index (χ0v) is 25.2. The van der Waals surface area contributed by atoms with Gasteiger partial charge in [0.2, 0.25) is 0 Å². The van der Waals surface area contributed by atoms with Gasteiger partial charge in [-0.1, -0.05) is 58.9 Å². The summed E-state index contributed by atoms with van der Waals surface area (Å²) in [5.41, 5.74) is 0. The lowest BCUT2D eigenvalue weighted by molar-refractivity contribution is -0.0791. The van der Waals surface area contributed by atoms with Crippen molar-refractivity contribution in [2.45, 2.75) is 144 Å². The van der Waals surface area contributed by atoms with E-state index in [0.29, 0.717) is 6.10 Å². The predicted octanol–water partition coefficient (Wildman–Crippen LogP) is 4.76. The fraction of sp³-hybridized carbons (Fsp3) is 1.00. The van der Waals surface area contributed by atoms with Crippen molar-refractivity contribution in [2.75, 3.05) is 6.61 Å². The average molecular weight is 501 g/mol. The number of rotatable bonds is 9. The van der Waals surface area contributed by atoms with E-state index >= 15 is 0 Å². The third kappa shape index (κ3) is 4.18. The van der Waals surface area contributed by atoms with Gasteiger partial charge in [-0.15, -0.1) is 0 Å². The lowest BCUT2D eigenvalue weighted by Crippen LogP contribution is -2.50. The van der Waals surface area contributed by atoms with E-state index < -0.39 is 24.2 Å². The normalized spacial score (nSPS) is 46.8. The van der Waals surface area contributed by atoms with Gasteiger partial charge in [-0.25, -0.2) is 0 Å². The molecule has 8 heteroatoms. The summed E-state index contributed by atoms with van der Waals surface area (Å²) in [5, 5.41) is 10.4. The number of aliphatic hydroxyl groups excluding tert-OH is 1. The van der Waals surface area contributed by atoms with Crippen molar-refractivity contribution < 1.29 is 24.1 Å². The van der Waals surface area contributed by atoms with E-state index in [0.717, 1.165) is 38.7 Å². The topological polar surface area (TPSA) is 67.0 Å². The molecule has 0 saturated carbocycles. The highest BCUT2D eigenvalue weighted by atomic mass is 28.3. The van der Waals surface area contributed by atoms with Crippen LogP contribution in [0.4, 0.5) is 0 Å². The molecule has 4 aliphatic heterocycles. The average Bonchev–Trinajstić information content (AvgIpc) is 3.54. The molecule has 0 aromatic carbocycles. The third-order valence-corrected chi connectivity index (χ3v) is 19.2. The first-order valence-electron chi connectivity index (χ1n) is 12.8. The van der Waals surface area contributed by atoms with Crippen molar-refractivity contribution in [3.8, 4) is 0 Å². The van der Waals surface area contributed by atoms with Crippen LogP contribution in [0.15, 0.2) is 0 Å². The zero-order valence-electron chi connectivity index (χ0n) is 22.2. The van der Waals surface area contributed by atoms with Gasteiger partial charge in [-0.05, 0) is 19.8 Å². The van der Waals surface area contributed by atoms with Crippen LogP contribution in [0.1, 0.15) is 39.0 Å². The number of ether oxygens (including phenoxy) is 4. The summed E-state index contributed by atoms with van der Waals surface area (Å²) in [4.78, 5) is 0. The summed E-state index contributed by atoms with van der Waals surface area (Å²) in [6.45, 7) is 25.0. The molecular weight excluding hydrogens is 453 g/mol. The fourth-order valence-corrected chi connectivity index (χ4v) is 12.4. The van der Waals surface area contributed by atoms with Crippen LogP contribution in [0.3, 0.4) is 0 Å². The van der Waals surface area contributed by atoms with Crippen molar-refractivity contribution in [3.63, 3.8) is 0 Å². The molecule has 1 N–H and O–H groups in total. The molecule has 0 unspecified atom stereocenters. The van der Waals surface area contributed by atoms with E-state index in [9.17, 15) is 5.11 Å².